The Hall–Kier alpha value is -3.22. The van der Waals surface area contributed by atoms with E-state index in [1.54, 1.807) is 50.3 Å². The highest BCUT2D eigenvalue weighted by atomic mass is 16.5. The van der Waals surface area contributed by atoms with Crippen LogP contribution in [-0.4, -0.2) is 34.5 Å². The molecule has 0 atom stereocenters. The molecule has 3 rings (SSSR count). The number of hydrogen-bond acceptors (Lipinski definition) is 4. The highest BCUT2D eigenvalue weighted by molar-refractivity contribution is 6.06. The summed E-state index contributed by atoms with van der Waals surface area (Å²) in [5.74, 6) is 1.59. The molecule has 0 fully saturated rings. The van der Waals surface area contributed by atoms with Crippen LogP contribution in [0, 0.1) is 0 Å². The molecule has 7 heteroatoms. The van der Waals surface area contributed by atoms with Gasteiger partial charge in [-0.25, -0.2) is 0 Å². The standard InChI is InChI=1S/C17H18N4O3/c1-20-17(21-8-4-5-9-21)13(11-18-20)16(22)19-12-6-7-14(23-2)15(10-12)24-3/h4-11H,1-3H3,(H,19,22). The van der Waals surface area contributed by atoms with Gasteiger partial charge < -0.3 is 19.4 Å². The van der Waals surface area contributed by atoms with Gasteiger partial charge in [-0.1, -0.05) is 0 Å². The number of nitrogens with zero attached hydrogens (tertiary/aromatic N) is 3. The largest absolute Gasteiger partial charge is 0.493 e. The Kier molecular flexibility index (Phi) is 4.24. The van der Waals surface area contributed by atoms with Gasteiger partial charge in [0.05, 0.1) is 20.4 Å². The number of carbonyl (C=O) groups excluding carboxylic acids is 1. The SMILES string of the molecule is COc1ccc(NC(=O)c2cnn(C)c2-n2cccc2)cc1OC. The highest BCUT2D eigenvalue weighted by Gasteiger charge is 2.18. The first-order valence-electron chi connectivity index (χ1n) is 7.32. The van der Waals surface area contributed by atoms with Crippen molar-refractivity contribution in [1.29, 1.82) is 0 Å². The Balaban J connectivity index is 1.89. The number of amides is 1. The highest BCUT2D eigenvalue weighted by Crippen LogP contribution is 2.30. The Bertz CT molecular complexity index is 853. The van der Waals surface area contributed by atoms with Gasteiger partial charge in [-0.3, -0.25) is 9.48 Å². The number of methoxy groups -OCH3 is 2. The topological polar surface area (TPSA) is 70.3 Å². The van der Waals surface area contributed by atoms with Crippen LogP contribution in [0.5, 0.6) is 11.5 Å². The molecule has 7 nitrogen and oxygen atoms in total. The number of aromatic nitrogens is 3. The first-order valence-corrected chi connectivity index (χ1v) is 7.32. The average molecular weight is 326 g/mol. The number of hydrogen-bond donors (Lipinski definition) is 1. The molecule has 124 valence electrons. The lowest BCUT2D eigenvalue weighted by molar-refractivity contribution is 0.102. The number of nitrogens with one attached hydrogen (secondary N) is 1. The van der Waals surface area contributed by atoms with E-state index in [2.05, 4.69) is 10.4 Å². The maximum Gasteiger partial charge on any atom is 0.261 e. The predicted octanol–water partition coefficient (Wildman–Crippen LogP) is 2.48. The van der Waals surface area contributed by atoms with Crippen LogP contribution in [0.4, 0.5) is 5.69 Å². The summed E-state index contributed by atoms with van der Waals surface area (Å²) in [6.07, 6.45) is 5.28. The molecule has 1 N–H and O–H groups in total. The van der Waals surface area contributed by atoms with E-state index in [0.29, 0.717) is 28.6 Å². The summed E-state index contributed by atoms with van der Waals surface area (Å²) >= 11 is 0. The summed E-state index contributed by atoms with van der Waals surface area (Å²) in [7, 11) is 4.91. The fraction of sp³-hybridized carbons (Fsp3) is 0.176. The number of rotatable bonds is 5. The Morgan fingerprint density at radius 1 is 1.12 bits per heavy atom. The fourth-order valence-electron chi connectivity index (χ4n) is 2.49. The van der Waals surface area contributed by atoms with Crippen LogP contribution >= 0.6 is 0 Å². The van der Waals surface area contributed by atoms with Gasteiger partial charge in [-0.2, -0.15) is 5.10 Å². The van der Waals surface area contributed by atoms with E-state index in [9.17, 15) is 4.79 Å². The monoisotopic (exact) mass is 326 g/mol. The lowest BCUT2D eigenvalue weighted by atomic mass is 10.2. The van der Waals surface area contributed by atoms with Crippen molar-refractivity contribution >= 4 is 11.6 Å². The van der Waals surface area contributed by atoms with Crippen LogP contribution in [0.3, 0.4) is 0 Å². The predicted molar refractivity (Wildman–Crippen MR) is 90.0 cm³/mol. The molecule has 0 bridgehead atoms. The number of benzene rings is 1. The van der Waals surface area contributed by atoms with Crippen LogP contribution in [0.15, 0.2) is 48.9 Å². The van der Waals surface area contributed by atoms with E-state index in [4.69, 9.17) is 9.47 Å². The van der Waals surface area contributed by atoms with Crippen molar-refractivity contribution in [3.05, 3.63) is 54.5 Å². The molecule has 0 unspecified atom stereocenters. The van der Waals surface area contributed by atoms with Crippen molar-refractivity contribution in [2.24, 2.45) is 7.05 Å². The molecule has 0 saturated carbocycles. The smallest absolute Gasteiger partial charge is 0.261 e. The van der Waals surface area contributed by atoms with Crippen molar-refractivity contribution in [3.63, 3.8) is 0 Å². The quantitative estimate of drug-likeness (QED) is 0.782. The van der Waals surface area contributed by atoms with Crippen molar-refractivity contribution < 1.29 is 14.3 Å². The lowest BCUT2D eigenvalue weighted by Gasteiger charge is -2.11. The second-order valence-electron chi connectivity index (χ2n) is 5.12. The summed E-state index contributed by atoms with van der Waals surface area (Å²) in [6, 6.07) is 8.99. The minimum atomic E-state index is -0.251. The third kappa shape index (κ3) is 2.83. The maximum absolute atomic E-state index is 12.6. The molecule has 1 amide bonds. The molecule has 2 heterocycles. The molecule has 0 saturated heterocycles. The summed E-state index contributed by atoms with van der Waals surface area (Å²) in [6.45, 7) is 0. The van der Waals surface area contributed by atoms with Crippen molar-refractivity contribution in [3.8, 4) is 17.3 Å². The third-order valence-corrected chi connectivity index (χ3v) is 3.64. The van der Waals surface area contributed by atoms with Crippen LogP contribution in [0.25, 0.3) is 5.82 Å². The van der Waals surface area contributed by atoms with Gasteiger partial charge in [0.25, 0.3) is 5.91 Å². The van der Waals surface area contributed by atoms with Gasteiger partial charge in [-0.15, -0.1) is 0 Å². The van der Waals surface area contributed by atoms with Crippen LogP contribution in [0.1, 0.15) is 10.4 Å². The van der Waals surface area contributed by atoms with E-state index in [1.165, 1.54) is 0 Å². The number of anilines is 1. The normalized spacial score (nSPS) is 10.5. The summed E-state index contributed by atoms with van der Waals surface area (Å²) in [4.78, 5) is 12.6. The van der Waals surface area contributed by atoms with Crippen LogP contribution < -0.4 is 14.8 Å². The van der Waals surface area contributed by atoms with E-state index >= 15 is 0 Å². The van der Waals surface area contributed by atoms with Crippen molar-refractivity contribution in [2.45, 2.75) is 0 Å². The second kappa shape index (κ2) is 6.49. The van der Waals surface area contributed by atoms with Crippen LogP contribution in [0.2, 0.25) is 0 Å². The second-order valence-corrected chi connectivity index (χ2v) is 5.12. The van der Waals surface area contributed by atoms with Crippen LogP contribution in [-0.2, 0) is 7.05 Å². The lowest BCUT2D eigenvalue weighted by Crippen LogP contribution is -2.15. The summed E-state index contributed by atoms with van der Waals surface area (Å²) in [5.41, 5.74) is 1.09. The Labute approximate surface area is 139 Å². The van der Waals surface area contributed by atoms with E-state index in [1.807, 2.05) is 29.1 Å². The van der Waals surface area contributed by atoms with Crippen molar-refractivity contribution in [1.82, 2.24) is 14.3 Å². The first-order chi connectivity index (χ1) is 11.6. The zero-order chi connectivity index (χ0) is 17.1. The maximum atomic E-state index is 12.6. The fourth-order valence-corrected chi connectivity index (χ4v) is 2.49. The van der Waals surface area contributed by atoms with Gasteiger partial charge >= 0.3 is 0 Å². The van der Waals surface area contributed by atoms with Crippen molar-refractivity contribution in [2.75, 3.05) is 19.5 Å². The third-order valence-electron chi connectivity index (χ3n) is 3.64. The van der Waals surface area contributed by atoms with Gasteiger partial charge in [-0.05, 0) is 24.3 Å². The van der Waals surface area contributed by atoms with Gasteiger partial charge in [0.15, 0.2) is 11.5 Å². The Morgan fingerprint density at radius 3 is 2.50 bits per heavy atom. The minimum absolute atomic E-state index is 0.251. The van der Waals surface area contributed by atoms with E-state index in [-0.39, 0.29) is 5.91 Å². The molecule has 3 aromatic rings. The number of aryl methyl sites for hydroxylation is 1. The molecule has 0 spiro atoms. The molecule has 0 aliphatic heterocycles. The zero-order valence-electron chi connectivity index (χ0n) is 13.7. The first kappa shape index (κ1) is 15.7. The molecular formula is C17H18N4O3. The molecule has 24 heavy (non-hydrogen) atoms. The van der Waals surface area contributed by atoms with Gasteiger partial charge in [0, 0.05) is 31.2 Å². The number of carbonyl (C=O) groups is 1. The van der Waals surface area contributed by atoms with E-state index in [0.717, 1.165) is 0 Å². The average Bonchev–Trinajstić information content (AvgIpc) is 3.23. The van der Waals surface area contributed by atoms with Gasteiger partial charge in [0.2, 0.25) is 0 Å². The Morgan fingerprint density at radius 2 is 1.83 bits per heavy atom. The summed E-state index contributed by atoms with van der Waals surface area (Å²) < 4.78 is 14.0. The molecule has 2 aromatic heterocycles. The number of ether oxygens (including phenoxy) is 2. The minimum Gasteiger partial charge on any atom is -0.493 e. The summed E-state index contributed by atoms with van der Waals surface area (Å²) in [5, 5.41) is 7.05. The molecule has 0 aliphatic rings. The molecular weight excluding hydrogens is 308 g/mol. The molecule has 0 aliphatic carbocycles. The molecule has 0 radical (unpaired) electrons. The van der Waals surface area contributed by atoms with Gasteiger partial charge in [0.1, 0.15) is 11.4 Å². The zero-order valence-corrected chi connectivity index (χ0v) is 13.7. The molecule has 1 aromatic carbocycles. The van der Waals surface area contributed by atoms with E-state index < -0.39 is 0 Å².